The molecular weight excluding hydrogens is 332 g/mol. The lowest BCUT2D eigenvalue weighted by Gasteiger charge is -2.30. The third kappa shape index (κ3) is 5.34. The van der Waals surface area contributed by atoms with Gasteiger partial charge in [0.15, 0.2) is 0 Å². The molecule has 1 N–H and O–H groups in total. The molecule has 0 bridgehead atoms. The molecule has 0 aromatic carbocycles. The van der Waals surface area contributed by atoms with E-state index in [4.69, 9.17) is 0 Å². The van der Waals surface area contributed by atoms with Crippen molar-refractivity contribution in [2.75, 3.05) is 19.6 Å². The molecule has 25 heavy (non-hydrogen) atoms. The van der Waals surface area contributed by atoms with Crippen LogP contribution >= 0.6 is 11.3 Å². The summed E-state index contributed by atoms with van der Waals surface area (Å²) in [5.74, 6) is 0.0619. The number of likely N-dealkylation sites (tertiary alicyclic amines) is 1. The zero-order valence-electron chi connectivity index (χ0n) is 14.8. The number of pyridine rings is 1. The average Bonchev–Trinajstić information content (AvgIpc) is 3.11. The highest BCUT2D eigenvalue weighted by molar-refractivity contribution is 7.13. The third-order valence-corrected chi connectivity index (χ3v) is 5.53. The van der Waals surface area contributed by atoms with Gasteiger partial charge in [0.05, 0.1) is 12.1 Å². The van der Waals surface area contributed by atoms with E-state index in [1.807, 2.05) is 17.5 Å². The first kappa shape index (κ1) is 18.0. The van der Waals surface area contributed by atoms with Crippen LogP contribution in [0.1, 0.15) is 38.3 Å². The number of amides is 1. The number of carbonyl (C=O) groups excluding carboxylic acids is 1. The van der Waals surface area contributed by atoms with Crippen molar-refractivity contribution >= 4 is 17.2 Å². The molecule has 1 fully saturated rings. The Bertz CT molecular complexity index is 667. The molecule has 0 radical (unpaired) electrons. The SMILES string of the molecule is CC[C@H](CN1CCCCC1)NC(=O)Cc1csc(-c2cccnc2)n1. The summed E-state index contributed by atoms with van der Waals surface area (Å²) in [4.78, 5) is 23.6. The summed E-state index contributed by atoms with van der Waals surface area (Å²) in [6.07, 6.45) is 8.74. The van der Waals surface area contributed by atoms with Gasteiger partial charge in [-0.25, -0.2) is 4.98 Å². The molecule has 1 amide bonds. The number of thiazole rings is 1. The van der Waals surface area contributed by atoms with E-state index in [2.05, 4.69) is 27.1 Å². The Labute approximate surface area is 153 Å². The van der Waals surface area contributed by atoms with Crippen LogP contribution in [0.25, 0.3) is 10.6 Å². The second-order valence-corrected chi connectivity index (χ2v) is 7.45. The number of rotatable bonds is 7. The molecule has 3 rings (SSSR count). The molecule has 2 aromatic rings. The van der Waals surface area contributed by atoms with Gasteiger partial charge in [-0.05, 0) is 44.5 Å². The molecule has 5 nitrogen and oxygen atoms in total. The van der Waals surface area contributed by atoms with E-state index < -0.39 is 0 Å². The van der Waals surface area contributed by atoms with Gasteiger partial charge in [0.1, 0.15) is 5.01 Å². The predicted molar refractivity (Wildman–Crippen MR) is 102 cm³/mol. The number of aromatic nitrogens is 2. The van der Waals surface area contributed by atoms with E-state index >= 15 is 0 Å². The fraction of sp³-hybridized carbons (Fsp3) is 0.526. The highest BCUT2D eigenvalue weighted by atomic mass is 32.1. The van der Waals surface area contributed by atoms with Gasteiger partial charge < -0.3 is 10.2 Å². The quantitative estimate of drug-likeness (QED) is 0.826. The number of hydrogen-bond acceptors (Lipinski definition) is 5. The van der Waals surface area contributed by atoms with Gasteiger partial charge in [-0.3, -0.25) is 9.78 Å². The van der Waals surface area contributed by atoms with Gasteiger partial charge in [-0.2, -0.15) is 0 Å². The van der Waals surface area contributed by atoms with Gasteiger partial charge in [-0.1, -0.05) is 13.3 Å². The third-order valence-electron chi connectivity index (χ3n) is 4.59. The van der Waals surface area contributed by atoms with E-state index in [0.717, 1.165) is 42.3 Å². The van der Waals surface area contributed by atoms with E-state index in [-0.39, 0.29) is 11.9 Å². The summed E-state index contributed by atoms with van der Waals surface area (Å²) in [5, 5.41) is 6.06. The van der Waals surface area contributed by atoms with Crippen molar-refractivity contribution in [1.29, 1.82) is 0 Å². The highest BCUT2D eigenvalue weighted by Crippen LogP contribution is 2.22. The van der Waals surface area contributed by atoms with Crippen LogP contribution in [0.4, 0.5) is 0 Å². The predicted octanol–water partition coefficient (Wildman–Crippen LogP) is 3.13. The molecule has 1 aliphatic heterocycles. The van der Waals surface area contributed by atoms with Gasteiger partial charge in [-0.15, -0.1) is 11.3 Å². The van der Waals surface area contributed by atoms with Crippen molar-refractivity contribution in [3.05, 3.63) is 35.6 Å². The van der Waals surface area contributed by atoms with Gasteiger partial charge in [0.2, 0.25) is 5.91 Å². The molecule has 0 saturated carbocycles. The van der Waals surface area contributed by atoms with Crippen molar-refractivity contribution in [2.24, 2.45) is 0 Å². The summed E-state index contributed by atoms with van der Waals surface area (Å²) in [7, 11) is 0. The minimum Gasteiger partial charge on any atom is -0.352 e. The molecule has 1 aliphatic rings. The summed E-state index contributed by atoms with van der Waals surface area (Å²) in [6, 6.07) is 4.11. The maximum Gasteiger partial charge on any atom is 0.226 e. The average molecular weight is 359 g/mol. The van der Waals surface area contributed by atoms with Gasteiger partial charge in [0.25, 0.3) is 0 Å². The topological polar surface area (TPSA) is 58.1 Å². The Hall–Kier alpha value is -1.79. The lowest BCUT2D eigenvalue weighted by molar-refractivity contribution is -0.121. The Morgan fingerprint density at radius 1 is 1.36 bits per heavy atom. The number of hydrogen-bond donors (Lipinski definition) is 1. The fourth-order valence-electron chi connectivity index (χ4n) is 3.18. The van der Waals surface area contributed by atoms with Crippen LogP contribution < -0.4 is 5.32 Å². The van der Waals surface area contributed by atoms with Crippen LogP contribution in [0.15, 0.2) is 29.9 Å². The van der Waals surface area contributed by atoms with E-state index in [1.54, 1.807) is 23.7 Å². The van der Waals surface area contributed by atoms with Crippen LogP contribution in [0, 0.1) is 0 Å². The smallest absolute Gasteiger partial charge is 0.226 e. The zero-order chi connectivity index (χ0) is 17.5. The van der Waals surface area contributed by atoms with Crippen molar-refractivity contribution in [2.45, 2.75) is 45.1 Å². The number of nitrogens with one attached hydrogen (secondary N) is 1. The number of nitrogens with zero attached hydrogens (tertiary/aromatic N) is 3. The van der Waals surface area contributed by atoms with Gasteiger partial charge in [0, 0.05) is 35.9 Å². The maximum absolute atomic E-state index is 12.4. The summed E-state index contributed by atoms with van der Waals surface area (Å²) < 4.78 is 0. The molecule has 0 aliphatic carbocycles. The second-order valence-electron chi connectivity index (χ2n) is 6.60. The largest absolute Gasteiger partial charge is 0.352 e. The molecule has 134 valence electrons. The first-order chi connectivity index (χ1) is 12.2. The van der Waals surface area contributed by atoms with Crippen molar-refractivity contribution in [3.8, 4) is 10.6 Å². The van der Waals surface area contributed by atoms with E-state index in [9.17, 15) is 4.79 Å². The fourth-order valence-corrected chi connectivity index (χ4v) is 3.99. The van der Waals surface area contributed by atoms with E-state index in [1.165, 1.54) is 19.3 Å². The highest BCUT2D eigenvalue weighted by Gasteiger charge is 2.17. The maximum atomic E-state index is 12.4. The van der Waals surface area contributed by atoms with E-state index in [0.29, 0.717) is 6.42 Å². The minimum atomic E-state index is 0.0619. The van der Waals surface area contributed by atoms with Crippen LogP contribution in [0.3, 0.4) is 0 Å². The van der Waals surface area contributed by atoms with Crippen molar-refractivity contribution < 1.29 is 4.79 Å². The summed E-state index contributed by atoms with van der Waals surface area (Å²) >= 11 is 1.56. The number of piperidine rings is 1. The molecule has 1 saturated heterocycles. The zero-order valence-corrected chi connectivity index (χ0v) is 15.6. The minimum absolute atomic E-state index is 0.0619. The number of carbonyl (C=O) groups is 1. The Morgan fingerprint density at radius 2 is 2.20 bits per heavy atom. The Kier molecular flexibility index (Phi) is 6.53. The molecule has 6 heteroatoms. The van der Waals surface area contributed by atoms with Gasteiger partial charge >= 0.3 is 0 Å². The van der Waals surface area contributed by atoms with Crippen LogP contribution in [0.2, 0.25) is 0 Å². The first-order valence-electron chi connectivity index (χ1n) is 9.11. The molecular formula is C19H26N4OS. The van der Waals surface area contributed by atoms with Crippen LogP contribution in [0.5, 0.6) is 0 Å². The van der Waals surface area contributed by atoms with Crippen LogP contribution in [-0.2, 0) is 11.2 Å². The molecule has 3 heterocycles. The molecule has 0 spiro atoms. The van der Waals surface area contributed by atoms with Crippen molar-refractivity contribution in [3.63, 3.8) is 0 Å². The second kappa shape index (κ2) is 9.06. The molecule has 1 atom stereocenters. The lowest BCUT2D eigenvalue weighted by atomic mass is 10.1. The van der Waals surface area contributed by atoms with Crippen molar-refractivity contribution in [1.82, 2.24) is 20.2 Å². The molecule has 2 aromatic heterocycles. The summed E-state index contributed by atoms with van der Waals surface area (Å²) in [5.41, 5.74) is 1.82. The first-order valence-corrected chi connectivity index (χ1v) is 9.99. The standard InChI is InChI=1S/C19H26N4OS/c1-2-16(13-23-9-4-3-5-10-23)21-18(24)11-17-14-25-19(22-17)15-7-6-8-20-12-15/h6-8,12,14,16H,2-5,9-11,13H2,1H3,(H,21,24)/t16-/m1/s1. The molecule has 0 unspecified atom stereocenters. The van der Waals surface area contributed by atoms with Crippen LogP contribution in [-0.4, -0.2) is 46.5 Å². The Balaban J connectivity index is 1.52. The Morgan fingerprint density at radius 3 is 2.92 bits per heavy atom. The monoisotopic (exact) mass is 358 g/mol. The normalized spacial score (nSPS) is 16.5. The summed E-state index contributed by atoms with van der Waals surface area (Å²) in [6.45, 7) is 5.42. The lowest BCUT2D eigenvalue weighted by Crippen LogP contribution is -2.45.